The Hall–Kier alpha value is -1.11. The highest BCUT2D eigenvalue weighted by atomic mass is 32.1. The maximum absolute atomic E-state index is 12.1. The number of rotatable bonds is 7. The number of amides is 2. The van der Waals surface area contributed by atoms with Crippen molar-refractivity contribution in [2.75, 3.05) is 39.9 Å². The summed E-state index contributed by atoms with van der Waals surface area (Å²) in [5.74, 6) is 0. The van der Waals surface area contributed by atoms with Gasteiger partial charge in [-0.15, -0.1) is 11.3 Å². The molecule has 1 aromatic rings. The summed E-state index contributed by atoms with van der Waals surface area (Å²) >= 11 is 1.73. The fourth-order valence-electron chi connectivity index (χ4n) is 2.66. The van der Waals surface area contributed by atoms with Crippen LogP contribution in [0.5, 0.6) is 0 Å². The first-order valence-electron chi connectivity index (χ1n) is 7.81. The van der Waals surface area contributed by atoms with Gasteiger partial charge in [0, 0.05) is 49.6 Å². The Morgan fingerprint density at radius 2 is 2.36 bits per heavy atom. The lowest BCUT2D eigenvalue weighted by molar-refractivity contribution is 0.159. The Morgan fingerprint density at radius 1 is 1.55 bits per heavy atom. The van der Waals surface area contributed by atoms with E-state index in [-0.39, 0.29) is 17.5 Å². The van der Waals surface area contributed by atoms with E-state index in [1.54, 1.807) is 18.4 Å². The van der Waals surface area contributed by atoms with Crippen molar-refractivity contribution in [3.05, 3.63) is 22.4 Å². The molecule has 1 aliphatic rings. The highest BCUT2D eigenvalue weighted by Gasteiger charge is 2.25. The number of ether oxygens (including phenoxy) is 1. The lowest BCUT2D eigenvalue weighted by Gasteiger charge is -2.24. The van der Waals surface area contributed by atoms with Gasteiger partial charge in [-0.25, -0.2) is 4.79 Å². The number of urea groups is 1. The molecule has 22 heavy (non-hydrogen) atoms. The van der Waals surface area contributed by atoms with Crippen molar-refractivity contribution in [1.82, 2.24) is 15.5 Å². The van der Waals surface area contributed by atoms with Gasteiger partial charge in [0.25, 0.3) is 0 Å². The van der Waals surface area contributed by atoms with E-state index in [2.05, 4.69) is 46.9 Å². The molecule has 0 bridgehead atoms. The van der Waals surface area contributed by atoms with Crippen LogP contribution >= 0.6 is 11.3 Å². The zero-order chi connectivity index (χ0) is 16.0. The van der Waals surface area contributed by atoms with E-state index in [4.69, 9.17) is 4.74 Å². The maximum atomic E-state index is 12.1. The average molecular weight is 325 g/mol. The number of carbonyl (C=O) groups excluding carboxylic acids is 1. The third kappa shape index (κ3) is 4.97. The zero-order valence-corrected chi connectivity index (χ0v) is 14.5. The molecule has 0 aromatic carbocycles. The van der Waals surface area contributed by atoms with Crippen molar-refractivity contribution in [1.29, 1.82) is 0 Å². The Balaban J connectivity index is 1.70. The van der Waals surface area contributed by atoms with Crippen LogP contribution in [0.3, 0.4) is 0 Å². The van der Waals surface area contributed by atoms with Crippen molar-refractivity contribution in [2.24, 2.45) is 0 Å². The van der Waals surface area contributed by atoms with E-state index in [1.165, 1.54) is 4.88 Å². The molecule has 1 aromatic heterocycles. The molecule has 2 rings (SSSR count). The Bertz CT molecular complexity index is 462. The largest absolute Gasteiger partial charge is 0.383 e. The standard InChI is InChI=1S/C16H27N3O2S/c1-16(2,14-5-4-10-22-14)12-17-15(20)18-13-6-7-19(11-13)8-9-21-3/h4-5,10,13H,6-9,11-12H2,1-3H3,(H2,17,18,20)/t13-/m0/s1. The molecule has 0 aliphatic carbocycles. The molecule has 5 nitrogen and oxygen atoms in total. The topological polar surface area (TPSA) is 53.6 Å². The summed E-state index contributed by atoms with van der Waals surface area (Å²) < 4.78 is 5.09. The number of likely N-dealkylation sites (tertiary alicyclic amines) is 1. The summed E-state index contributed by atoms with van der Waals surface area (Å²) in [5.41, 5.74) is -0.0360. The number of hydrogen-bond donors (Lipinski definition) is 2. The molecule has 1 atom stereocenters. The monoisotopic (exact) mass is 325 g/mol. The molecule has 2 N–H and O–H groups in total. The van der Waals surface area contributed by atoms with E-state index in [0.29, 0.717) is 6.54 Å². The second-order valence-corrected chi connectivity index (χ2v) is 7.41. The molecule has 2 heterocycles. The van der Waals surface area contributed by atoms with E-state index >= 15 is 0 Å². The van der Waals surface area contributed by atoms with Crippen molar-refractivity contribution >= 4 is 17.4 Å². The average Bonchev–Trinajstić information content (AvgIpc) is 3.15. The number of thiophene rings is 1. The van der Waals surface area contributed by atoms with Gasteiger partial charge >= 0.3 is 6.03 Å². The van der Waals surface area contributed by atoms with Crippen LogP contribution in [0.25, 0.3) is 0 Å². The van der Waals surface area contributed by atoms with Crippen LogP contribution in [0.2, 0.25) is 0 Å². The van der Waals surface area contributed by atoms with Crippen molar-refractivity contribution in [3.63, 3.8) is 0 Å². The molecule has 0 unspecified atom stereocenters. The van der Waals surface area contributed by atoms with Gasteiger partial charge in [-0.05, 0) is 17.9 Å². The summed E-state index contributed by atoms with van der Waals surface area (Å²) in [7, 11) is 1.72. The second kappa shape index (κ2) is 7.94. The Kier molecular flexibility index (Phi) is 6.23. The van der Waals surface area contributed by atoms with Gasteiger partial charge in [0.15, 0.2) is 0 Å². The maximum Gasteiger partial charge on any atom is 0.315 e. The van der Waals surface area contributed by atoms with Gasteiger partial charge < -0.3 is 15.4 Å². The summed E-state index contributed by atoms with van der Waals surface area (Å²) in [6.07, 6.45) is 1.01. The molecule has 1 saturated heterocycles. The smallest absolute Gasteiger partial charge is 0.315 e. The fraction of sp³-hybridized carbons (Fsp3) is 0.688. The lowest BCUT2D eigenvalue weighted by Crippen LogP contribution is -2.46. The predicted molar refractivity (Wildman–Crippen MR) is 90.6 cm³/mol. The first-order valence-corrected chi connectivity index (χ1v) is 8.69. The number of nitrogens with one attached hydrogen (secondary N) is 2. The molecule has 0 spiro atoms. The summed E-state index contributed by atoms with van der Waals surface area (Å²) in [6.45, 7) is 8.55. The number of nitrogens with zero attached hydrogens (tertiary/aromatic N) is 1. The Labute approximate surface area is 137 Å². The van der Waals surface area contributed by atoms with Crippen LogP contribution < -0.4 is 10.6 Å². The SMILES string of the molecule is COCCN1CC[C@H](NC(=O)NCC(C)(C)c2cccs2)C1. The van der Waals surface area contributed by atoms with Crippen LogP contribution in [0.15, 0.2) is 17.5 Å². The van der Waals surface area contributed by atoms with Crippen LogP contribution in [-0.4, -0.2) is 56.9 Å². The van der Waals surface area contributed by atoms with Gasteiger partial charge in [0.1, 0.15) is 0 Å². The summed E-state index contributed by atoms with van der Waals surface area (Å²) in [6, 6.07) is 4.34. The second-order valence-electron chi connectivity index (χ2n) is 6.47. The van der Waals surface area contributed by atoms with E-state index in [1.807, 2.05) is 0 Å². The van der Waals surface area contributed by atoms with Gasteiger partial charge in [-0.3, -0.25) is 4.90 Å². The molecule has 0 saturated carbocycles. The van der Waals surface area contributed by atoms with Crippen molar-refractivity contribution in [3.8, 4) is 0 Å². The zero-order valence-electron chi connectivity index (χ0n) is 13.7. The van der Waals surface area contributed by atoms with Gasteiger partial charge in [0.05, 0.1) is 6.61 Å². The number of methoxy groups -OCH3 is 1. The normalized spacial score (nSPS) is 19.3. The van der Waals surface area contributed by atoms with Gasteiger partial charge in [0.2, 0.25) is 0 Å². The lowest BCUT2D eigenvalue weighted by atomic mass is 9.91. The highest BCUT2D eigenvalue weighted by molar-refractivity contribution is 7.10. The van der Waals surface area contributed by atoms with Crippen LogP contribution in [-0.2, 0) is 10.2 Å². The third-order valence-electron chi connectivity index (χ3n) is 4.10. The fourth-order valence-corrected chi connectivity index (χ4v) is 3.51. The minimum atomic E-state index is -0.0665. The van der Waals surface area contributed by atoms with Crippen molar-refractivity contribution in [2.45, 2.75) is 31.7 Å². The van der Waals surface area contributed by atoms with Crippen LogP contribution in [0.4, 0.5) is 4.79 Å². The highest BCUT2D eigenvalue weighted by Crippen LogP contribution is 2.26. The molecular formula is C16H27N3O2S. The molecule has 1 fully saturated rings. The Morgan fingerprint density at radius 3 is 3.05 bits per heavy atom. The minimum absolute atomic E-state index is 0.0360. The molecule has 6 heteroatoms. The summed E-state index contributed by atoms with van der Waals surface area (Å²) in [5, 5.41) is 8.16. The van der Waals surface area contributed by atoms with Crippen LogP contribution in [0, 0.1) is 0 Å². The molecule has 124 valence electrons. The van der Waals surface area contributed by atoms with Gasteiger partial charge in [-0.2, -0.15) is 0 Å². The van der Waals surface area contributed by atoms with Gasteiger partial charge in [-0.1, -0.05) is 19.9 Å². The third-order valence-corrected chi connectivity index (χ3v) is 5.33. The number of carbonyl (C=O) groups is 1. The van der Waals surface area contributed by atoms with Crippen LogP contribution in [0.1, 0.15) is 25.1 Å². The van der Waals surface area contributed by atoms with Crippen molar-refractivity contribution < 1.29 is 9.53 Å². The van der Waals surface area contributed by atoms with E-state index in [9.17, 15) is 4.79 Å². The summed E-state index contributed by atoms with van der Waals surface area (Å²) in [4.78, 5) is 15.7. The first kappa shape index (κ1) is 17.2. The van der Waals surface area contributed by atoms with E-state index in [0.717, 1.165) is 32.7 Å². The molecule has 0 radical (unpaired) electrons. The molecule has 2 amide bonds. The molecule has 1 aliphatic heterocycles. The van der Waals surface area contributed by atoms with E-state index < -0.39 is 0 Å². The number of hydrogen-bond acceptors (Lipinski definition) is 4. The molecular weight excluding hydrogens is 298 g/mol. The predicted octanol–water partition coefficient (Wildman–Crippen LogP) is 2.05. The first-order chi connectivity index (χ1) is 10.5. The minimum Gasteiger partial charge on any atom is -0.383 e. The quantitative estimate of drug-likeness (QED) is 0.807.